The summed E-state index contributed by atoms with van der Waals surface area (Å²) < 4.78 is 104. The Morgan fingerprint density at radius 2 is 1.91 bits per heavy atom. The molecule has 32 heavy (non-hydrogen) atoms. The van der Waals surface area contributed by atoms with Gasteiger partial charge in [-0.25, -0.2) is 4.39 Å². The van der Waals surface area contributed by atoms with Crippen molar-refractivity contribution in [3.8, 4) is 5.75 Å². The summed E-state index contributed by atoms with van der Waals surface area (Å²) in [5.74, 6) is -8.98. The lowest BCUT2D eigenvalue weighted by Crippen LogP contribution is -2.47. The number of nitrogens with zero attached hydrogens (tertiary/aromatic N) is 2. The summed E-state index contributed by atoms with van der Waals surface area (Å²) in [4.78, 5) is 12.8. The summed E-state index contributed by atoms with van der Waals surface area (Å²) in [6.45, 7) is -1.86. The van der Waals surface area contributed by atoms with Gasteiger partial charge >= 0.3 is 12.8 Å². The van der Waals surface area contributed by atoms with E-state index in [2.05, 4.69) is 20.3 Å². The smallest absolute Gasteiger partial charge is 0.417 e. The van der Waals surface area contributed by atoms with Crippen LogP contribution in [0.25, 0.3) is 0 Å². The number of carbonyl (C=O) groups is 1. The molecule has 1 amide bonds. The molecule has 0 spiro atoms. The molecule has 2 heterocycles. The third-order valence-electron chi connectivity index (χ3n) is 5.43. The monoisotopic (exact) mass is 467 g/mol. The minimum absolute atomic E-state index is 0.0648. The highest BCUT2D eigenvalue weighted by Crippen LogP contribution is 2.55. The third-order valence-corrected chi connectivity index (χ3v) is 5.43. The van der Waals surface area contributed by atoms with E-state index >= 15 is 0 Å². The first-order valence-corrected chi connectivity index (χ1v) is 9.11. The summed E-state index contributed by atoms with van der Waals surface area (Å²) in [6, 6.07) is 2.63. The Hall–Kier alpha value is -2.96. The zero-order chi connectivity index (χ0) is 23.8. The Morgan fingerprint density at radius 3 is 2.47 bits per heavy atom. The van der Waals surface area contributed by atoms with Crippen molar-refractivity contribution in [3.63, 3.8) is 0 Å². The normalized spacial score (nSPS) is 25.8. The van der Waals surface area contributed by atoms with Crippen LogP contribution >= 0.6 is 0 Å². The number of nitrogens with one attached hydrogen (secondary N) is 1. The molecule has 0 bridgehead atoms. The van der Waals surface area contributed by atoms with Crippen LogP contribution in [-0.2, 0) is 9.53 Å². The second-order valence-corrected chi connectivity index (χ2v) is 7.24. The van der Waals surface area contributed by atoms with Gasteiger partial charge in [0, 0.05) is 17.4 Å². The van der Waals surface area contributed by atoms with Crippen LogP contribution in [0.2, 0.25) is 0 Å². The summed E-state index contributed by atoms with van der Waals surface area (Å²) >= 11 is 0. The maximum atomic E-state index is 14.3. The molecule has 0 aliphatic carbocycles. The molecule has 1 aromatic heterocycles. The van der Waals surface area contributed by atoms with Gasteiger partial charge in [0.1, 0.15) is 6.10 Å². The Morgan fingerprint density at radius 1 is 1.22 bits per heavy atom. The SMILES string of the molecule is CC1C(c2ccc(F)c(F)c2OC(F)F)C(C(=O)Nc2ccnnc2)OC1(C)C(F)(F)F. The fourth-order valence-electron chi connectivity index (χ4n) is 3.62. The molecule has 0 saturated carbocycles. The van der Waals surface area contributed by atoms with Crippen LogP contribution in [-0.4, -0.2) is 40.6 Å². The van der Waals surface area contributed by atoms with E-state index in [-0.39, 0.29) is 5.69 Å². The number of ether oxygens (including phenoxy) is 2. The van der Waals surface area contributed by atoms with E-state index < -0.39 is 65.2 Å². The van der Waals surface area contributed by atoms with Gasteiger partial charge in [-0.05, 0) is 19.1 Å². The number of carbonyl (C=O) groups excluding carboxylic acids is 1. The summed E-state index contributed by atoms with van der Waals surface area (Å²) in [7, 11) is 0. The summed E-state index contributed by atoms with van der Waals surface area (Å²) in [6.07, 6.45) is -4.60. The van der Waals surface area contributed by atoms with Crippen LogP contribution in [0.15, 0.2) is 30.6 Å². The van der Waals surface area contributed by atoms with E-state index in [1.807, 2.05) is 0 Å². The van der Waals surface area contributed by atoms with Gasteiger partial charge in [-0.3, -0.25) is 4.79 Å². The average Bonchev–Trinajstić information content (AvgIpc) is 2.99. The molecule has 6 nitrogen and oxygen atoms in total. The van der Waals surface area contributed by atoms with Crippen molar-refractivity contribution >= 4 is 11.6 Å². The first-order chi connectivity index (χ1) is 14.9. The number of rotatable bonds is 5. The first kappa shape index (κ1) is 23.7. The van der Waals surface area contributed by atoms with Crippen molar-refractivity contribution in [1.29, 1.82) is 0 Å². The molecular formula is C19H16F7N3O3. The molecule has 1 N–H and O–H groups in total. The maximum Gasteiger partial charge on any atom is 0.417 e. The number of amides is 1. The van der Waals surface area contributed by atoms with Gasteiger partial charge < -0.3 is 14.8 Å². The fourth-order valence-corrected chi connectivity index (χ4v) is 3.62. The third kappa shape index (κ3) is 4.20. The number of hydrogen-bond donors (Lipinski definition) is 1. The van der Waals surface area contributed by atoms with Gasteiger partial charge in [0.05, 0.1) is 18.1 Å². The van der Waals surface area contributed by atoms with Gasteiger partial charge in [-0.15, -0.1) is 0 Å². The molecule has 1 saturated heterocycles. The number of benzene rings is 1. The highest BCUT2D eigenvalue weighted by molar-refractivity contribution is 5.95. The highest BCUT2D eigenvalue weighted by atomic mass is 19.4. The molecule has 13 heteroatoms. The molecule has 1 fully saturated rings. The van der Waals surface area contributed by atoms with Gasteiger partial charge in [0.15, 0.2) is 17.2 Å². The van der Waals surface area contributed by atoms with Crippen LogP contribution < -0.4 is 10.1 Å². The molecule has 3 rings (SSSR count). The number of anilines is 1. The van der Waals surface area contributed by atoms with E-state index in [9.17, 15) is 35.5 Å². The quantitative estimate of drug-likeness (QED) is 0.659. The van der Waals surface area contributed by atoms with Gasteiger partial charge in [0.25, 0.3) is 5.91 Å². The second-order valence-electron chi connectivity index (χ2n) is 7.24. The number of halogens is 7. The van der Waals surface area contributed by atoms with Crippen LogP contribution in [0.4, 0.5) is 36.4 Å². The lowest BCUT2D eigenvalue weighted by Gasteiger charge is -2.32. The van der Waals surface area contributed by atoms with Gasteiger partial charge in [-0.2, -0.15) is 36.5 Å². The number of hydrogen-bond acceptors (Lipinski definition) is 5. The van der Waals surface area contributed by atoms with Gasteiger partial charge in [-0.1, -0.05) is 13.0 Å². The van der Waals surface area contributed by atoms with Crippen molar-refractivity contribution in [2.24, 2.45) is 5.92 Å². The number of alkyl halides is 5. The van der Waals surface area contributed by atoms with Crippen LogP contribution in [0.1, 0.15) is 25.3 Å². The minimum atomic E-state index is -4.99. The molecule has 0 radical (unpaired) electrons. The molecule has 1 aliphatic heterocycles. The standard InChI is InChI=1S/C19H16F7N3O3/c1-8-12(10-3-4-11(20)13(21)14(10)31-17(22)23)15(32-18(8,2)19(24,25)26)16(30)29-9-5-6-27-28-7-9/h3-8,12,15,17H,1-2H3,(H,27,29,30). The van der Waals surface area contributed by atoms with Crippen molar-refractivity contribution in [3.05, 3.63) is 47.8 Å². The highest BCUT2D eigenvalue weighted by Gasteiger charge is 2.66. The van der Waals surface area contributed by atoms with E-state index in [1.54, 1.807) is 0 Å². The predicted molar refractivity (Wildman–Crippen MR) is 94.9 cm³/mol. The Kier molecular flexibility index (Phi) is 6.31. The van der Waals surface area contributed by atoms with Crippen LogP contribution in [0, 0.1) is 17.6 Å². The Labute approximate surface area is 176 Å². The van der Waals surface area contributed by atoms with Crippen LogP contribution in [0.3, 0.4) is 0 Å². The van der Waals surface area contributed by atoms with Crippen molar-refractivity contribution in [1.82, 2.24) is 10.2 Å². The summed E-state index contributed by atoms with van der Waals surface area (Å²) in [5, 5.41) is 9.29. The Balaban J connectivity index is 2.11. The Bertz CT molecular complexity index is 990. The zero-order valence-corrected chi connectivity index (χ0v) is 16.5. The largest absolute Gasteiger partial charge is 0.431 e. The minimum Gasteiger partial charge on any atom is -0.431 e. The maximum absolute atomic E-state index is 14.3. The molecule has 174 valence electrons. The van der Waals surface area contributed by atoms with Crippen LogP contribution in [0.5, 0.6) is 5.75 Å². The molecular weight excluding hydrogens is 451 g/mol. The van der Waals surface area contributed by atoms with E-state index in [4.69, 9.17) is 4.74 Å². The lowest BCUT2D eigenvalue weighted by molar-refractivity contribution is -0.272. The molecule has 4 atom stereocenters. The molecule has 4 unspecified atom stereocenters. The zero-order valence-electron chi connectivity index (χ0n) is 16.5. The second kappa shape index (κ2) is 8.52. The fraction of sp³-hybridized carbons (Fsp3) is 0.421. The molecule has 1 aromatic carbocycles. The van der Waals surface area contributed by atoms with Crippen molar-refractivity contribution in [2.75, 3.05) is 5.32 Å². The van der Waals surface area contributed by atoms with Crippen molar-refractivity contribution < 1.29 is 45.0 Å². The van der Waals surface area contributed by atoms with Gasteiger partial charge in [0.2, 0.25) is 5.82 Å². The number of aromatic nitrogens is 2. The van der Waals surface area contributed by atoms with Crippen molar-refractivity contribution in [2.45, 2.75) is 44.3 Å². The van der Waals surface area contributed by atoms with E-state index in [0.717, 1.165) is 19.2 Å². The molecule has 1 aliphatic rings. The average molecular weight is 467 g/mol. The summed E-state index contributed by atoms with van der Waals surface area (Å²) in [5.41, 5.74) is -3.42. The first-order valence-electron chi connectivity index (χ1n) is 9.11. The predicted octanol–water partition coefficient (Wildman–Crippen LogP) is 4.43. The lowest BCUT2D eigenvalue weighted by atomic mass is 9.77. The van der Waals surface area contributed by atoms with E-state index in [1.165, 1.54) is 12.3 Å². The topological polar surface area (TPSA) is 73.3 Å². The van der Waals surface area contributed by atoms with E-state index in [0.29, 0.717) is 13.0 Å². The molecule has 2 aromatic rings.